The molecule has 0 aliphatic rings. The predicted octanol–water partition coefficient (Wildman–Crippen LogP) is 5.40. The Morgan fingerprint density at radius 3 is 2.36 bits per heavy atom. The van der Waals surface area contributed by atoms with Gasteiger partial charge in [0.15, 0.2) is 0 Å². The Bertz CT molecular complexity index is 1050. The lowest BCUT2D eigenvalue weighted by atomic mass is 10.1. The zero-order chi connectivity index (χ0) is 18.0. The monoisotopic (exact) mass is 388 g/mol. The number of rotatable bonds is 3. The van der Waals surface area contributed by atoms with Crippen LogP contribution in [0.3, 0.4) is 0 Å². The Labute approximate surface area is 159 Å². The summed E-state index contributed by atoms with van der Waals surface area (Å²) in [6.07, 6.45) is 0. The molecule has 0 bridgehead atoms. The molecule has 0 radical (unpaired) electrons. The Morgan fingerprint density at radius 2 is 1.68 bits per heavy atom. The standard InChI is InChI=1S/C19H11Cl3N2O/c20-15-4-2-1-3-14(15)18-8-6-13(10-23)19(25)24(18)11-12-5-7-16(21)17(22)9-12/h1-9H,11H2. The first-order valence-electron chi connectivity index (χ1n) is 7.34. The fourth-order valence-electron chi connectivity index (χ4n) is 2.55. The van der Waals surface area contributed by atoms with E-state index in [4.69, 9.17) is 34.8 Å². The van der Waals surface area contributed by atoms with Crippen LogP contribution in [0.4, 0.5) is 0 Å². The van der Waals surface area contributed by atoms with Gasteiger partial charge in [-0.25, -0.2) is 0 Å². The van der Waals surface area contributed by atoms with Crippen molar-refractivity contribution in [2.75, 3.05) is 0 Å². The molecular weight excluding hydrogens is 379 g/mol. The van der Waals surface area contributed by atoms with Crippen molar-refractivity contribution in [3.05, 3.63) is 91.1 Å². The van der Waals surface area contributed by atoms with Crippen molar-refractivity contribution in [1.29, 1.82) is 5.26 Å². The van der Waals surface area contributed by atoms with E-state index in [1.54, 1.807) is 30.3 Å². The molecule has 3 rings (SSSR count). The Hall–Kier alpha value is -2.25. The molecule has 0 unspecified atom stereocenters. The highest BCUT2D eigenvalue weighted by molar-refractivity contribution is 6.42. The maximum absolute atomic E-state index is 12.7. The molecule has 1 aromatic heterocycles. The summed E-state index contributed by atoms with van der Waals surface area (Å²) in [5.41, 5.74) is 1.81. The van der Waals surface area contributed by atoms with E-state index in [-0.39, 0.29) is 17.7 Å². The molecule has 2 aromatic carbocycles. The van der Waals surface area contributed by atoms with Gasteiger partial charge in [0, 0.05) is 10.6 Å². The summed E-state index contributed by atoms with van der Waals surface area (Å²) in [7, 11) is 0. The van der Waals surface area contributed by atoms with Gasteiger partial charge in [0.1, 0.15) is 11.6 Å². The highest BCUT2D eigenvalue weighted by Gasteiger charge is 2.13. The molecule has 3 nitrogen and oxygen atoms in total. The number of pyridine rings is 1. The van der Waals surface area contributed by atoms with Crippen LogP contribution in [0.25, 0.3) is 11.3 Å². The lowest BCUT2D eigenvalue weighted by Crippen LogP contribution is -2.24. The smallest absolute Gasteiger partial charge is 0.269 e. The van der Waals surface area contributed by atoms with Gasteiger partial charge >= 0.3 is 0 Å². The Kier molecular flexibility index (Phi) is 5.15. The second-order valence-corrected chi connectivity index (χ2v) is 6.59. The van der Waals surface area contributed by atoms with Gasteiger partial charge in [0.05, 0.1) is 22.3 Å². The molecule has 0 spiro atoms. The van der Waals surface area contributed by atoms with Crippen LogP contribution >= 0.6 is 34.8 Å². The van der Waals surface area contributed by atoms with Gasteiger partial charge in [0.2, 0.25) is 0 Å². The lowest BCUT2D eigenvalue weighted by molar-refractivity contribution is 0.765. The third-order valence-corrected chi connectivity index (χ3v) is 4.84. The molecular formula is C19H11Cl3N2O. The normalized spacial score (nSPS) is 10.5. The van der Waals surface area contributed by atoms with Crippen LogP contribution < -0.4 is 5.56 Å². The molecule has 1 heterocycles. The number of benzene rings is 2. The number of hydrogen-bond acceptors (Lipinski definition) is 2. The minimum absolute atomic E-state index is 0.0656. The zero-order valence-corrected chi connectivity index (χ0v) is 15.1. The molecule has 0 fully saturated rings. The van der Waals surface area contributed by atoms with Crippen LogP contribution in [0.5, 0.6) is 0 Å². The van der Waals surface area contributed by atoms with Gasteiger partial charge in [0.25, 0.3) is 5.56 Å². The van der Waals surface area contributed by atoms with E-state index in [2.05, 4.69) is 0 Å². The Balaban J connectivity index is 2.19. The van der Waals surface area contributed by atoms with Gasteiger partial charge < -0.3 is 4.57 Å². The van der Waals surface area contributed by atoms with Crippen molar-refractivity contribution < 1.29 is 0 Å². The average molecular weight is 390 g/mol. The topological polar surface area (TPSA) is 45.8 Å². The first-order chi connectivity index (χ1) is 12.0. The van der Waals surface area contributed by atoms with Crippen molar-refractivity contribution in [2.45, 2.75) is 6.54 Å². The summed E-state index contributed by atoms with van der Waals surface area (Å²) >= 11 is 18.3. The molecule has 0 aliphatic carbocycles. The maximum atomic E-state index is 12.7. The number of nitriles is 1. The van der Waals surface area contributed by atoms with Crippen LogP contribution in [-0.2, 0) is 6.54 Å². The number of hydrogen-bond donors (Lipinski definition) is 0. The summed E-state index contributed by atoms with van der Waals surface area (Å²) in [4.78, 5) is 12.7. The van der Waals surface area contributed by atoms with E-state index in [9.17, 15) is 10.1 Å². The van der Waals surface area contributed by atoms with Crippen LogP contribution in [0.15, 0.2) is 59.4 Å². The molecule has 0 saturated heterocycles. The van der Waals surface area contributed by atoms with Crippen LogP contribution in [-0.4, -0.2) is 4.57 Å². The van der Waals surface area contributed by atoms with Crippen molar-refractivity contribution in [2.24, 2.45) is 0 Å². The van der Waals surface area contributed by atoms with Crippen molar-refractivity contribution in [3.63, 3.8) is 0 Å². The molecule has 0 atom stereocenters. The minimum atomic E-state index is -0.383. The second-order valence-electron chi connectivity index (χ2n) is 5.36. The molecule has 6 heteroatoms. The van der Waals surface area contributed by atoms with Crippen molar-refractivity contribution >= 4 is 34.8 Å². The molecule has 124 valence electrons. The van der Waals surface area contributed by atoms with E-state index < -0.39 is 0 Å². The Morgan fingerprint density at radius 1 is 0.920 bits per heavy atom. The maximum Gasteiger partial charge on any atom is 0.269 e. The summed E-state index contributed by atoms with van der Waals surface area (Å²) in [5.74, 6) is 0. The SMILES string of the molecule is N#Cc1ccc(-c2ccccc2Cl)n(Cc2ccc(Cl)c(Cl)c2)c1=O. The highest BCUT2D eigenvalue weighted by Crippen LogP contribution is 2.28. The van der Waals surface area contributed by atoms with E-state index in [0.29, 0.717) is 26.3 Å². The molecule has 0 saturated carbocycles. The van der Waals surface area contributed by atoms with Crippen molar-refractivity contribution in [3.8, 4) is 17.3 Å². The first kappa shape index (κ1) is 17.6. The fourth-order valence-corrected chi connectivity index (χ4v) is 3.10. The molecule has 0 aliphatic heterocycles. The van der Waals surface area contributed by atoms with E-state index >= 15 is 0 Å². The summed E-state index contributed by atoms with van der Waals surface area (Å²) in [5, 5.41) is 10.5. The van der Waals surface area contributed by atoms with Crippen LogP contribution in [0, 0.1) is 11.3 Å². The van der Waals surface area contributed by atoms with Crippen molar-refractivity contribution in [1.82, 2.24) is 4.57 Å². The van der Waals surface area contributed by atoms with Gasteiger partial charge in [-0.15, -0.1) is 0 Å². The molecule has 0 amide bonds. The van der Waals surface area contributed by atoms with E-state index in [0.717, 1.165) is 5.56 Å². The second kappa shape index (κ2) is 7.33. The van der Waals surface area contributed by atoms with E-state index in [1.165, 1.54) is 10.6 Å². The summed E-state index contributed by atoms with van der Waals surface area (Å²) in [6, 6.07) is 17.5. The van der Waals surface area contributed by atoms with Crippen LogP contribution in [0.1, 0.15) is 11.1 Å². The third kappa shape index (κ3) is 3.57. The lowest BCUT2D eigenvalue weighted by Gasteiger charge is -2.15. The number of nitrogens with zero attached hydrogens (tertiary/aromatic N) is 2. The number of halogens is 3. The third-order valence-electron chi connectivity index (χ3n) is 3.77. The minimum Gasteiger partial charge on any atom is -0.303 e. The largest absolute Gasteiger partial charge is 0.303 e. The predicted molar refractivity (Wildman–Crippen MR) is 101 cm³/mol. The molecule has 0 N–H and O–H groups in total. The summed E-state index contributed by atoms with van der Waals surface area (Å²) < 4.78 is 1.51. The zero-order valence-electron chi connectivity index (χ0n) is 12.8. The average Bonchev–Trinajstić information content (AvgIpc) is 2.60. The fraction of sp³-hybridized carbons (Fsp3) is 0.0526. The highest BCUT2D eigenvalue weighted by atomic mass is 35.5. The van der Waals surface area contributed by atoms with Gasteiger partial charge in [-0.2, -0.15) is 5.26 Å². The first-order valence-corrected chi connectivity index (χ1v) is 8.47. The molecule has 3 aromatic rings. The van der Waals surface area contributed by atoms with Gasteiger partial charge in [-0.1, -0.05) is 59.1 Å². The molecule has 25 heavy (non-hydrogen) atoms. The number of aromatic nitrogens is 1. The summed E-state index contributed by atoms with van der Waals surface area (Å²) in [6.45, 7) is 0.242. The van der Waals surface area contributed by atoms with Gasteiger partial charge in [-0.3, -0.25) is 4.79 Å². The quantitative estimate of drug-likeness (QED) is 0.602. The van der Waals surface area contributed by atoms with E-state index in [1.807, 2.05) is 24.3 Å². The van der Waals surface area contributed by atoms with Gasteiger partial charge in [-0.05, 0) is 35.9 Å². The van der Waals surface area contributed by atoms with Crippen LogP contribution in [0.2, 0.25) is 15.1 Å².